The van der Waals surface area contributed by atoms with Crippen molar-refractivity contribution in [3.05, 3.63) is 156 Å². The number of ether oxygens (including phenoxy) is 3. The topological polar surface area (TPSA) is 132 Å². The van der Waals surface area contributed by atoms with Crippen LogP contribution in [0.1, 0.15) is 48.0 Å². The number of hydrogen-bond donors (Lipinski definition) is 3. The quantitative estimate of drug-likeness (QED) is 0.0734. The first-order valence-corrected chi connectivity index (χ1v) is 19.6. The molecule has 10 nitrogen and oxygen atoms in total. The second kappa shape index (κ2) is 18.7. The van der Waals surface area contributed by atoms with Gasteiger partial charge in [-0.2, -0.15) is 0 Å². The van der Waals surface area contributed by atoms with Gasteiger partial charge in [-0.25, -0.2) is 9.78 Å². The smallest absolute Gasteiger partial charge is 0.325 e. The van der Waals surface area contributed by atoms with Crippen LogP contribution in [0.15, 0.2) is 143 Å². The number of oxazole rings is 1. The third kappa shape index (κ3) is 9.92. The number of carbonyl (C=O) groups is 2. The highest BCUT2D eigenvalue weighted by Crippen LogP contribution is 2.41. The molecule has 0 bridgehead atoms. The molecule has 56 heavy (non-hydrogen) atoms. The molecule has 3 N–H and O–H groups in total. The molecule has 0 radical (unpaired) electrons. The first-order chi connectivity index (χ1) is 27.4. The van der Waals surface area contributed by atoms with E-state index in [1.54, 1.807) is 6.92 Å². The van der Waals surface area contributed by atoms with Crippen molar-refractivity contribution >= 4 is 23.8 Å². The van der Waals surface area contributed by atoms with Crippen LogP contribution in [0.4, 0.5) is 4.79 Å². The number of hydrogen-bond acceptors (Lipinski definition) is 9. The van der Waals surface area contributed by atoms with Gasteiger partial charge < -0.3 is 34.4 Å². The molecule has 1 aliphatic heterocycles. The maximum Gasteiger partial charge on any atom is 0.325 e. The molecule has 1 aromatic heterocycles. The number of esters is 1. The van der Waals surface area contributed by atoms with Crippen molar-refractivity contribution in [3.63, 3.8) is 0 Å². The van der Waals surface area contributed by atoms with E-state index in [0.717, 1.165) is 56.0 Å². The van der Waals surface area contributed by atoms with Crippen molar-refractivity contribution < 1.29 is 33.3 Å². The van der Waals surface area contributed by atoms with Crippen molar-refractivity contribution in [2.24, 2.45) is 0 Å². The molecule has 0 saturated carbocycles. The molecule has 2 heterocycles. The van der Waals surface area contributed by atoms with Crippen LogP contribution in [0.25, 0.3) is 33.7 Å². The summed E-state index contributed by atoms with van der Waals surface area (Å²) < 4.78 is 24.6. The summed E-state index contributed by atoms with van der Waals surface area (Å²) in [6.45, 7) is 2.01. The number of amides is 2. The molecule has 0 aliphatic carbocycles. The van der Waals surface area contributed by atoms with Gasteiger partial charge in [-0.05, 0) is 46.9 Å². The molecule has 1 aliphatic rings. The van der Waals surface area contributed by atoms with Crippen LogP contribution in [0.5, 0.6) is 0 Å². The SMILES string of the molecule is CCOC(=O)CNC(=O)NCc1cccc(-c2cccc(C3OC(CSc4nc(-c5ccccc5)c(-c5ccccc5)o4)CC(c4ccc(CO)cc4)O3)c2)c1. The van der Waals surface area contributed by atoms with Gasteiger partial charge in [-0.15, -0.1) is 0 Å². The number of aromatic nitrogens is 1. The second-order valence-corrected chi connectivity index (χ2v) is 14.2. The average Bonchev–Trinajstić information content (AvgIpc) is 3.69. The largest absolute Gasteiger partial charge is 0.465 e. The Kier molecular flexibility index (Phi) is 12.9. The number of benzene rings is 5. The zero-order valence-electron chi connectivity index (χ0n) is 30.9. The average molecular weight is 770 g/mol. The monoisotopic (exact) mass is 769 g/mol. The zero-order valence-corrected chi connectivity index (χ0v) is 31.7. The summed E-state index contributed by atoms with van der Waals surface area (Å²) in [4.78, 5) is 28.8. The van der Waals surface area contributed by atoms with Gasteiger partial charge in [-0.1, -0.05) is 133 Å². The van der Waals surface area contributed by atoms with Crippen LogP contribution in [0.2, 0.25) is 0 Å². The fourth-order valence-corrected chi connectivity index (χ4v) is 7.30. The number of nitrogens with zero attached hydrogens (tertiary/aromatic N) is 1. The van der Waals surface area contributed by atoms with Gasteiger partial charge >= 0.3 is 12.0 Å². The lowest BCUT2D eigenvalue weighted by atomic mass is 9.99. The lowest BCUT2D eigenvalue weighted by Crippen LogP contribution is -2.38. The molecule has 1 saturated heterocycles. The van der Waals surface area contributed by atoms with E-state index in [9.17, 15) is 14.7 Å². The minimum atomic E-state index is -0.658. The summed E-state index contributed by atoms with van der Waals surface area (Å²) in [5, 5.41) is 15.5. The van der Waals surface area contributed by atoms with E-state index in [4.69, 9.17) is 23.6 Å². The van der Waals surface area contributed by atoms with E-state index < -0.39 is 18.3 Å². The van der Waals surface area contributed by atoms with Crippen LogP contribution >= 0.6 is 11.8 Å². The van der Waals surface area contributed by atoms with Crippen molar-refractivity contribution in [1.82, 2.24) is 15.6 Å². The highest BCUT2D eigenvalue weighted by molar-refractivity contribution is 7.99. The van der Waals surface area contributed by atoms with Gasteiger partial charge in [0.25, 0.3) is 5.22 Å². The van der Waals surface area contributed by atoms with Crippen LogP contribution < -0.4 is 10.6 Å². The Hall–Kier alpha value is -5.72. The molecule has 2 amide bonds. The Morgan fingerprint density at radius 1 is 0.768 bits per heavy atom. The van der Waals surface area contributed by atoms with Crippen molar-refractivity contribution in [2.45, 2.75) is 50.2 Å². The fraction of sp³-hybridized carbons (Fsp3) is 0.222. The molecule has 6 aromatic rings. The lowest BCUT2D eigenvalue weighted by molar-refractivity contribution is -0.245. The van der Waals surface area contributed by atoms with E-state index >= 15 is 0 Å². The molecular weight excluding hydrogens is 727 g/mol. The summed E-state index contributed by atoms with van der Waals surface area (Å²) in [6, 6.07) is 43.4. The number of rotatable bonds is 14. The Bertz CT molecular complexity index is 2160. The molecule has 3 atom stereocenters. The summed E-state index contributed by atoms with van der Waals surface area (Å²) in [5.41, 5.74) is 8.25. The Morgan fingerprint density at radius 2 is 1.46 bits per heavy atom. The van der Waals surface area contributed by atoms with Crippen LogP contribution in [-0.4, -0.2) is 47.1 Å². The van der Waals surface area contributed by atoms with Crippen molar-refractivity contribution in [2.75, 3.05) is 18.9 Å². The summed E-state index contributed by atoms with van der Waals surface area (Å²) in [7, 11) is 0. The van der Waals surface area contributed by atoms with Gasteiger partial charge in [0.05, 0.1) is 25.4 Å². The first-order valence-electron chi connectivity index (χ1n) is 18.6. The summed E-state index contributed by atoms with van der Waals surface area (Å²) in [5.74, 6) is 0.813. The van der Waals surface area contributed by atoms with Crippen LogP contribution in [0.3, 0.4) is 0 Å². The van der Waals surface area contributed by atoms with E-state index in [0.29, 0.717) is 17.4 Å². The van der Waals surface area contributed by atoms with E-state index in [-0.39, 0.29) is 38.5 Å². The maximum atomic E-state index is 12.3. The van der Waals surface area contributed by atoms with Gasteiger partial charge in [0, 0.05) is 35.4 Å². The summed E-state index contributed by atoms with van der Waals surface area (Å²) >= 11 is 1.52. The van der Waals surface area contributed by atoms with Gasteiger partial charge in [0.2, 0.25) is 0 Å². The number of aliphatic hydroxyl groups is 1. The standard InChI is InChI=1S/C45H43N3O7S/c1-2-52-40(50)27-47-44(51)46-26-31-11-9-16-35(23-31)36-17-10-18-37(24-36)43-53-38(25-39(54-43)32-21-19-30(28-49)20-22-32)29-56-45-48-41(33-12-5-3-6-13-33)42(55-45)34-14-7-4-8-15-34/h3-24,38-39,43,49H,2,25-29H2,1H3,(H2,46,47,51). The van der Waals surface area contributed by atoms with Gasteiger partial charge in [0.15, 0.2) is 12.1 Å². The second-order valence-electron chi connectivity index (χ2n) is 13.2. The highest BCUT2D eigenvalue weighted by atomic mass is 32.2. The predicted molar refractivity (Wildman–Crippen MR) is 215 cm³/mol. The number of aliphatic hydroxyl groups excluding tert-OH is 1. The van der Waals surface area contributed by atoms with E-state index in [2.05, 4.69) is 16.7 Å². The molecule has 11 heteroatoms. The maximum absolute atomic E-state index is 12.3. The molecule has 3 unspecified atom stereocenters. The highest BCUT2D eigenvalue weighted by Gasteiger charge is 2.33. The minimum absolute atomic E-state index is 0.0321. The number of thioether (sulfide) groups is 1. The Morgan fingerprint density at radius 3 is 2.20 bits per heavy atom. The molecule has 1 fully saturated rings. The number of carbonyl (C=O) groups excluding carboxylic acids is 2. The predicted octanol–water partition coefficient (Wildman–Crippen LogP) is 8.87. The first kappa shape index (κ1) is 38.6. The molecular formula is C45H43N3O7S. The van der Waals surface area contributed by atoms with Crippen molar-refractivity contribution in [3.8, 4) is 33.7 Å². The van der Waals surface area contributed by atoms with Gasteiger partial charge in [-0.3, -0.25) is 4.79 Å². The third-order valence-electron chi connectivity index (χ3n) is 9.27. The molecule has 7 rings (SSSR count). The Labute approximate surface area is 330 Å². The lowest BCUT2D eigenvalue weighted by Gasteiger charge is -2.36. The fourth-order valence-electron chi connectivity index (χ4n) is 6.46. The molecule has 5 aromatic carbocycles. The van der Waals surface area contributed by atoms with Crippen LogP contribution in [0, 0.1) is 0 Å². The Balaban J connectivity index is 1.09. The third-order valence-corrected chi connectivity index (χ3v) is 10.2. The van der Waals surface area contributed by atoms with E-state index in [1.165, 1.54) is 11.8 Å². The molecule has 0 spiro atoms. The number of nitrogens with one attached hydrogen (secondary N) is 2. The summed E-state index contributed by atoms with van der Waals surface area (Å²) in [6.07, 6.45) is -0.512. The van der Waals surface area contributed by atoms with Crippen molar-refractivity contribution in [1.29, 1.82) is 0 Å². The van der Waals surface area contributed by atoms with Crippen LogP contribution in [-0.2, 0) is 32.2 Å². The normalized spacial score (nSPS) is 16.6. The minimum Gasteiger partial charge on any atom is -0.465 e. The molecule has 286 valence electrons. The van der Waals surface area contributed by atoms with Gasteiger partial charge in [0.1, 0.15) is 12.2 Å². The number of urea groups is 1. The van der Waals surface area contributed by atoms with E-state index in [1.807, 2.05) is 127 Å². The zero-order chi connectivity index (χ0) is 38.7.